The van der Waals surface area contributed by atoms with E-state index >= 15 is 0 Å². The number of ether oxygens (including phenoxy) is 2. The molecule has 4 rings (SSSR count). The second-order valence-corrected chi connectivity index (χ2v) is 6.27. The second kappa shape index (κ2) is 6.65. The molecule has 0 spiro atoms. The van der Waals surface area contributed by atoms with Gasteiger partial charge < -0.3 is 19.9 Å². The maximum absolute atomic E-state index is 12.6. The molecule has 0 saturated carbocycles. The molecule has 0 aromatic heterocycles. The minimum atomic E-state index is -1.02. The van der Waals surface area contributed by atoms with Gasteiger partial charge in [-0.3, -0.25) is 9.59 Å². The van der Waals surface area contributed by atoms with E-state index in [1.54, 1.807) is 36.4 Å². The molecule has 132 valence electrons. The maximum atomic E-state index is 12.6. The lowest BCUT2D eigenvalue weighted by atomic mass is 9.82. The molecule has 2 bridgehead atoms. The van der Waals surface area contributed by atoms with Gasteiger partial charge in [0.2, 0.25) is 5.91 Å². The van der Waals surface area contributed by atoms with Crippen LogP contribution in [-0.2, 0) is 14.3 Å². The molecule has 2 aromatic carbocycles. The molecular weight excluding hydrogens is 334 g/mol. The van der Waals surface area contributed by atoms with Gasteiger partial charge in [0.05, 0.1) is 18.1 Å². The summed E-state index contributed by atoms with van der Waals surface area (Å²) in [5.74, 6) is -1.60. The molecule has 2 aliphatic rings. The van der Waals surface area contributed by atoms with Crippen LogP contribution in [0.4, 0.5) is 5.69 Å². The fourth-order valence-corrected chi connectivity index (χ4v) is 3.37. The van der Waals surface area contributed by atoms with Gasteiger partial charge in [-0.1, -0.05) is 30.4 Å². The van der Waals surface area contributed by atoms with Gasteiger partial charge in [0.1, 0.15) is 17.4 Å². The number of rotatable bonds is 5. The number of hydrogen-bond donors (Lipinski definition) is 2. The Labute approximate surface area is 150 Å². The Bertz CT molecular complexity index is 846. The lowest BCUT2D eigenvalue weighted by Crippen LogP contribution is -2.39. The summed E-state index contributed by atoms with van der Waals surface area (Å²) in [7, 11) is 0. The number of benzene rings is 2. The number of para-hydroxylation sites is 1. The summed E-state index contributed by atoms with van der Waals surface area (Å²) >= 11 is 0. The van der Waals surface area contributed by atoms with Crippen LogP contribution >= 0.6 is 0 Å². The highest BCUT2D eigenvalue weighted by atomic mass is 16.5. The van der Waals surface area contributed by atoms with E-state index in [2.05, 4.69) is 5.32 Å². The van der Waals surface area contributed by atoms with Crippen molar-refractivity contribution in [1.82, 2.24) is 0 Å². The van der Waals surface area contributed by atoms with E-state index in [0.717, 1.165) is 5.75 Å². The molecular formula is C20H17NO5. The number of hydrogen-bond acceptors (Lipinski definition) is 4. The normalized spacial score (nSPS) is 25.8. The molecule has 2 aliphatic heterocycles. The van der Waals surface area contributed by atoms with Gasteiger partial charge in [-0.05, 0) is 36.4 Å². The van der Waals surface area contributed by atoms with Crippen molar-refractivity contribution in [3.63, 3.8) is 0 Å². The Hall–Kier alpha value is -3.12. The number of nitrogens with one attached hydrogen (secondary N) is 1. The number of fused-ring (bicyclic) bond motifs is 2. The Morgan fingerprint density at radius 2 is 1.50 bits per heavy atom. The number of carbonyl (C=O) groups excluding carboxylic acids is 1. The summed E-state index contributed by atoms with van der Waals surface area (Å²) in [6, 6.07) is 16.3. The predicted molar refractivity (Wildman–Crippen MR) is 94.0 cm³/mol. The SMILES string of the molecule is O=C(O)[C@@H]1[C@H](C(=O)Nc2ccc(Oc3ccccc3)cc2)[C@H]2C=C[C@H]1O2. The lowest BCUT2D eigenvalue weighted by molar-refractivity contribution is -0.145. The van der Waals surface area contributed by atoms with Crippen molar-refractivity contribution in [1.29, 1.82) is 0 Å². The zero-order valence-corrected chi connectivity index (χ0v) is 13.7. The summed E-state index contributed by atoms with van der Waals surface area (Å²) in [6.45, 7) is 0. The van der Waals surface area contributed by atoms with Crippen LogP contribution in [0.5, 0.6) is 11.5 Å². The van der Waals surface area contributed by atoms with Gasteiger partial charge in [-0.15, -0.1) is 0 Å². The highest BCUT2D eigenvalue weighted by molar-refractivity contribution is 5.96. The average Bonchev–Trinajstić information content (AvgIpc) is 3.25. The Kier molecular flexibility index (Phi) is 4.18. The van der Waals surface area contributed by atoms with Gasteiger partial charge in [0, 0.05) is 5.69 Å². The molecule has 2 N–H and O–H groups in total. The molecule has 0 radical (unpaired) electrons. The third kappa shape index (κ3) is 3.07. The summed E-state index contributed by atoms with van der Waals surface area (Å²) < 4.78 is 11.2. The zero-order valence-electron chi connectivity index (χ0n) is 13.7. The van der Waals surface area contributed by atoms with Crippen molar-refractivity contribution < 1.29 is 24.2 Å². The lowest BCUT2D eigenvalue weighted by Gasteiger charge is -2.21. The Balaban J connectivity index is 1.43. The van der Waals surface area contributed by atoms with Crippen molar-refractivity contribution in [3.8, 4) is 11.5 Å². The van der Waals surface area contributed by atoms with Crippen LogP contribution in [0, 0.1) is 11.8 Å². The van der Waals surface area contributed by atoms with E-state index < -0.39 is 30.0 Å². The van der Waals surface area contributed by atoms with Crippen molar-refractivity contribution in [3.05, 3.63) is 66.7 Å². The number of carboxylic acids is 1. The zero-order chi connectivity index (χ0) is 18.1. The molecule has 2 heterocycles. The van der Waals surface area contributed by atoms with Crippen LogP contribution in [0.2, 0.25) is 0 Å². The molecule has 1 saturated heterocycles. The molecule has 0 aliphatic carbocycles. The predicted octanol–water partition coefficient (Wildman–Crippen LogP) is 3.07. The summed E-state index contributed by atoms with van der Waals surface area (Å²) in [5, 5.41) is 12.2. The second-order valence-electron chi connectivity index (χ2n) is 6.27. The Morgan fingerprint density at radius 3 is 2.15 bits per heavy atom. The maximum Gasteiger partial charge on any atom is 0.310 e. The number of anilines is 1. The standard InChI is InChI=1S/C20H17NO5/c22-19(17-15-10-11-16(26-15)18(17)20(23)24)21-12-6-8-14(9-7-12)25-13-4-2-1-3-5-13/h1-11,15-18H,(H,21,22)(H,23,24)/t15-,16-,17-,18+/m1/s1. The largest absolute Gasteiger partial charge is 0.481 e. The number of carbonyl (C=O) groups is 2. The molecule has 0 unspecified atom stereocenters. The first-order valence-corrected chi connectivity index (χ1v) is 8.32. The highest BCUT2D eigenvalue weighted by Gasteiger charge is 2.53. The highest BCUT2D eigenvalue weighted by Crippen LogP contribution is 2.40. The fraction of sp³-hybridized carbons (Fsp3) is 0.200. The molecule has 6 heteroatoms. The molecule has 4 atom stereocenters. The minimum absolute atomic E-state index is 0.356. The molecule has 26 heavy (non-hydrogen) atoms. The minimum Gasteiger partial charge on any atom is -0.481 e. The van der Waals surface area contributed by atoms with Crippen molar-refractivity contribution >= 4 is 17.6 Å². The molecule has 1 fully saturated rings. The monoisotopic (exact) mass is 351 g/mol. The molecule has 1 amide bonds. The van der Waals surface area contributed by atoms with Crippen LogP contribution in [0.25, 0.3) is 0 Å². The summed E-state index contributed by atoms with van der Waals surface area (Å²) in [5.41, 5.74) is 0.575. The van der Waals surface area contributed by atoms with Crippen molar-refractivity contribution in [2.75, 3.05) is 5.32 Å². The first kappa shape index (κ1) is 16.4. The number of amides is 1. The quantitative estimate of drug-likeness (QED) is 0.809. The fourth-order valence-electron chi connectivity index (χ4n) is 3.37. The van der Waals surface area contributed by atoms with Crippen LogP contribution in [0.15, 0.2) is 66.7 Å². The van der Waals surface area contributed by atoms with Crippen LogP contribution < -0.4 is 10.1 Å². The van der Waals surface area contributed by atoms with Gasteiger partial charge in [-0.25, -0.2) is 0 Å². The van der Waals surface area contributed by atoms with Crippen molar-refractivity contribution in [2.45, 2.75) is 12.2 Å². The van der Waals surface area contributed by atoms with Crippen LogP contribution in [0.1, 0.15) is 0 Å². The number of carboxylic acid groups (broad SMARTS) is 1. The summed E-state index contributed by atoms with van der Waals surface area (Å²) in [6.07, 6.45) is 2.45. The third-order valence-corrected chi connectivity index (χ3v) is 4.59. The Morgan fingerprint density at radius 1 is 0.885 bits per heavy atom. The van der Waals surface area contributed by atoms with Gasteiger partial charge in [0.15, 0.2) is 0 Å². The van der Waals surface area contributed by atoms with E-state index in [1.165, 1.54) is 0 Å². The first-order valence-electron chi connectivity index (χ1n) is 8.32. The first-order chi connectivity index (χ1) is 12.6. The van der Waals surface area contributed by atoms with E-state index in [-0.39, 0.29) is 5.91 Å². The molecule has 2 aromatic rings. The van der Waals surface area contributed by atoms with Crippen LogP contribution in [0.3, 0.4) is 0 Å². The number of aliphatic carboxylic acids is 1. The van der Waals surface area contributed by atoms with E-state index in [9.17, 15) is 14.7 Å². The van der Waals surface area contributed by atoms with Gasteiger partial charge in [0.25, 0.3) is 0 Å². The molecule has 6 nitrogen and oxygen atoms in total. The van der Waals surface area contributed by atoms with E-state index in [0.29, 0.717) is 11.4 Å². The van der Waals surface area contributed by atoms with Crippen molar-refractivity contribution in [2.24, 2.45) is 11.8 Å². The van der Waals surface area contributed by atoms with Crippen LogP contribution in [-0.4, -0.2) is 29.2 Å². The third-order valence-electron chi connectivity index (χ3n) is 4.59. The topological polar surface area (TPSA) is 84.9 Å². The van der Waals surface area contributed by atoms with E-state index in [4.69, 9.17) is 9.47 Å². The average molecular weight is 351 g/mol. The van der Waals surface area contributed by atoms with E-state index in [1.807, 2.05) is 30.3 Å². The van der Waals surface area contributed by atoms with Gasteiger partial charge >= 0.3 is 5.97 Å². The smallest absolute Gasteiger partial charge is 0.310 e. The van der Waals surface area contributed by atoms with Gasteiger partial charge in [-0.2, -0.15) is 0 Å². The summed E-state index contributed by atoms with van der Waals surface area (Å²) in [4.78, 5) is 24.0.